The lowest BCUT2D eigenvalue weighted by molar-refractivity contribution is -0.145. The van der Waals surface area contributed by atoms with Crippen molar-refractivity contribution in [1.29, 1.82) is 5.26 Å². The quantitative estimate of drug-likeness (QED) is 0.424. The number of nitrogens with zero attached hydrogens (tertiary/aromatic N) is 3. The Hall–Kier alpha value is -3.29. The molecule has 34 heavy (non-hydrogen) atoms. The highest BCUT2D eigenvalue weighted by atomic mass is 19.4. The first-order valence-electron chi connectivity index (χ1n) is 10.5. The van der Waals surface area contributed by atoms with Crippen LogP contribution in [0.25, 0.3) is 0 Å². The first-order chi connectivity index (χ1) is 15.9. The third-order valence-corrected chi connectivity index (χ3v) is 6.33. The van der Waals surface area contributed by atoms with Gasteiger partial charge in [0.25, 0.3) is 0 Å². The number of halogens is 6. The van der Waals surface area contributed by atoms with Crippen molar-refractivity contribution >= 4 is 11.8 Å². The Balaban J connectivity index is 1.72. The number of piperidine rings is 1. The molecular weight excluding hydrogens is 464 g/mol. The highest BCUT2D eigenvalue weighted by Gasteiger charge is 2.50. The smallest absolute Gasteiger partial charge is 0.433 e. The molecule has 3 atom stereocenters. The molecule has 2 bridgehead atoms. The Morgan fingerprint density at radius 3 is 2.53 bits per heavy atom. The Kier molecular flexibility index (Phi) is 5.96. The summed E-state index contributed by atoms with van der Waals surface area (Å²) in [6.07, 6.45) is -8.63. The summed E-state index contributed by atoms with van der Waals surface area (Å²) < 4.78 is 86.4. The van der Waals surface area contributed by atoms with Gasteiger partial charge in [0.15, 0.2) is 0 Å². The van der Waals surface area contributed by atoms with Crippen molar-refractivity contribution in [3.8, 4) is 6.07 Å². The predicted octanol–water partition coefficient (Wildman–Crippen LogP) is 5.51. The molecule has 0 N–H and O–H groups in total. The van der Waals surface area contributed by atoms with Crippen LogP contribution in [0.3, 0.4) is 0 Å². The van der Waals surface area contributed by atoms with Crippen LogP contribution in [0.2, 0.25) is 0 Å². The standard InChI is InChI=1S/C23H19F6N3O2/c1-12-3-2-4-14(7-12)21(33)34-11-18-13-5-6-15(8-13)32(18)20-16(10-30)17(22(24,25)26)9-19(31-20)23(27,28)29/h2-4,7,9,13,15,18H,5-6,8,11H2,1H3/t13-,15+,18+/m0/s1. The molecule has 11 heteroatoms. The summed E-state index contributed by atoms with van der Waals surface area (Å²) in [4.78, 5) is 17.3. The van der Waals surface area contributed by atoms with Gasteiger partial charge in [-0.05, 0) is 50.3 Å². The van der Waals surface area contributed by atoms with E-state index in [1.807, 2.05) is 0 Å². The topological polar surface area (TPSA) is 66.2 Å². The molecule has 2 fully saturated rings. The average molecular weight is 483 g/mol. The molecule has 180 valence electrons. The van der Waals surface area contributed by atoms with Crippen LogP contribution in [0.1, 0.15) is 52.0 Å². The minimum Gasteiger partial charge on any atom is -0.460 e. The molecule has 2 aliphatic rings. The van der Waals surface area contributed by atoms with Gasteiger partial charge in [0, 0.05) is 6.04 Å². The number of fused-ring (bicyclic) bond motifs is 2. The number of hydrogen-bond acceptors (Lipinski definition) is 5. The van der Waals surface area contributed by atoms with Crippen molar-refractivity contribution in [1.82, 2.24) is 4.98 Å². The highest BCUT2D eigenvalue weighted by molar-refractivity contribution is 5.89. The molecule has 2 aromatic rings. The number of esters is 1. The van der Waals surface area contributed by atoms with E-state index < -0.39 is 53.0 Å². The van der Waals surface area contributed by atoms with Gasteiger partial charge in [0.05, 0.1) is 17.2 Å². The second-order valence-corrected chi connectivity index (χ2v) is 8.53. The van der Waals surface area contributed by atoms with Gasteiger partial charge in [-0.15, -0.1) is 0 Å². The van der Waals surface area contributed by atoms with Gasteiger partial charge in [-0.1, -0.05) is 17.7 Å². The van der Waals surface area contributed by atoms with Crippen molar-refractivity contribution in [2.24, 2.45) is 5.92 Å². The second kappa shape index (κ2) is 8.49. The average Bonchev–Trinajstić information content (AvgIpc) is 3.37. The molecule has 1 aromatic heterocycles. The fourth-order valence-electron chi connectivity index (χ4n) is 4.85. The van der Waals surface area contributed by atoms with Gasteiger partial charge in [-0.3, -0.25) is 0 Å². The first kappa shape index (κ1) is 23.9. The summed E-state index contributed by atoms with van der Waals surface area (Å²) in [5, 5.41) is 9.48. The molecular formula is C23H19F6N3O2. The molecule has 5 nitrogen and oxygen atoms in total. The van der Waals surface area contributed by atoms with Crippen LogP contribution in [0.4, 0.5) is 32.2 Å². The number of nitriles is 1. The van der Waals surface area contributed by atoms with E-state index in [2.05, 4.69) is 4.98 Å². The summed E-state index contributed by atoms with van der Waals surface area (Å²) in [5.41, 5.74) is -3.28. The molecule has 1 aliphatic heterocycles. The van der Waals surface area contributed by atoms with Crippen LogP contribution in [-0.4, -0.2) is 29.6 Å². The predicted molar refractivity (Wildman–Crippen MR) is 108 cm³/mol. The summed E-state index contributed by atoms with van der Waals surface area (Å²) in [5.74, 6) is -1.44. The Morgan fingerprint density at radius 2 is 1.91 bits per heavy atom. The van der Waals surface area contributed by atoms with Gasteiger partial charge in [0.2, 0.25) is 0 Å². The van der Waals surface area contributed by atoms with Crippen LogP contribution in [-0.2, 0) is 17.1 Å². The van der Waals surface area contributed by atoms with Crippen LogP contribution in [0, 0.1) is 24.2 Å². The van der Waals surface area contributed by atoms with Crippen molar-refractivity contribution in [3.63, 3.8) is 0 Å². The van der Waals surface area contributed by atoms with Gasteiger partial charge >= 0.3 is 18.3 Å². The number of anilines is 1. The van der Waals surface area contributed by atoms with E-state index in [-0.39, 0.29) is 24.2 Å². The minimum atomic E-state index is -5.19. The number of aryl methyl sites for hydroxylation is 1. The normalized spacial score (nSPS) is 22.1. The van der Waals surface area contributed by atoms with Crippen molar-refractivity contribution in [2.75, 3.05) is 11.5 Å². The van der Waals surface area contributed by atoms with Crippen molar-refractivity contribution < 1.29 is 35.9 Å². The summed E-state index contributed by atoms with van der Waals surface area (Å²) in [7, 11) is 0. The van der Waals surface area contributed by atoms with Gasteiger partial charge in [-0.2, -0.15) is 31.6 Å². The molecule has 2 heterocycles. The zero-order valence-electron chi connectivity index (χ0n) is 17.9. The molecule has 1 saturated heterocycles. The number of carbonyl (C=O) groups excluding carboxylic acids is 1. The molecule has 1 aromatic carbocycles. The lowest BCUT2D eigenvalue weighted by Crippen LogP contribution is -2.45. The van der Waals surface area contributed by atoms with Crippen LogP contribution >= 0.6 is 0 Å². The molecule has 0 amide bonds. The van der Waals surface area contributed by atoms with E-state index >= 15 is 0 Å². The Morgan fingerprint density at radius 1 is 1.18 bits per heavy atom. The van der Waals surface area contributed by atoms with Gasteiger partial charge in [-0.25, -0.2) is 9.78 Å². The maximum absolute atomic E-state index is 13.6. The van der Waals surface area contributed by atoms with Crippen LogP contribution in [0.15, 0.2) is 30.3 Å². The highest BCUT2D eigenvalue weighted by Crippen LogP contribution is 2.47. The monoisotopic (exact) mass is 483 g/mol. The van der Waals surface area contributed by atoms with E-state index in [0.29, 0.717) is 19.3 Å². The molecule has 0 radical (unpaired) electrons. The Labute approximate surface area is 190 Å². The number of benzene rings is 1. The molecule has 0 spiro atoms. The van der Waals surface area contributed by atoms with E-state index in [9.17, 15) is 36.4 Å². The maximum Gasteiger partial charge on any atom is 0.433 e. The molecule has 1 aliphatic carbocycles. The fourth-order valence-corrected chi connectivity index (χ4v) is 4.85. The van der Waals surface area contributed by atoms with E-state index in [4.69, 9.17) is 4.74 Å². The SMILES string of the molecule is Cc1cccc(C(=O)OC[C@@H]2[C@H]3CC[C@H](C3)N2c2nc(C(F)(F)F)cc(C(F)(F)F)c2C#N)c1. The summed E-state index contributed by atoms with van der Waals surface area (Å²) >= 11 is 0. The lowest BCUT2D eigenvalue weighted by atomic mass is 9.98. The largest absolute Gasteiger partial charge is 0.460 e. The maximum atomic E-state index is 13.6. The fraction of sp³-hybridized carbons (Fsp3) is 0.435. The number of rotatable bonds is 4. The number of aromatic nitrogens is 1. The van der Waals surface area contributed by atoms with Crippen LogP contribution in [0.5, 0.6) is 0 Å². The summed E-state index contributed by atoms with van der Waals surface area (Å²) in [6.45, 7) is 1.54. The van der Waals surface area contributed by atoms with Crippen molar-refractivity contribution in [3.05, 3.63) is 58.3 Å². The van der Waals surface area contributed by atoms with Gasteiger partial charge < -0.3 is 9.64 Å². The number of ether oxygens (including phenoxy) is 1. The van der Waals surface area contributed by atoms with Crippen LogP contribution < -0.4 is 4.90 Å². The first-order valence-corrected chi connectivity index (χ1v) is 10.5. The number of alkyl halides is 6. The zero-order chi connectivity index (χ0) is 24.8. The third kappa shape index (κ3) is 4.41. The van der Waals surface area contributed by atoms with Gasteiger partial charge in [0.1, 0.15) is 29.8 Å². The molecule has 1 saturated carbocycles. The third-order valence-electron chi connectivity index (χ3n) is 6.33. The van der Waals surface area contributed by atoms with Crippen molar-refractivity contribution in [2.45, 2.75) is 50.6 Å². The van der Waals surface area contributed by atoms with E-state index in [0.717, 1.165) is 5.56 Å². The zero-order valence-corrected chi connectivity index (χ0v) is 17.9. The minimum absolute atomic E-state index is 0.118. The number of carbonyl (C=O) groups is 1. The number of pyridine rings is 1. The van der Waals surface area contributed by atoms with E-state index in [1.165, 1.54) is 11.0 Å². The molecule has 0 unspecified atom stereocenters. The van der Waals surface area contributed by atoms with E-state index in [1.54, 1.807) is 31.2 Å². The Bertz CT molecular complexity index is 1150. The lowest BCUT2D eigenvalue weighted by Gasteiger charge is -2.37. The number of hydrogen-bond donors (Lipinski definition) is 0. The second-order valence-electron chi connectivity index (χ2n) is 8.53. The molecule has 4 rings (SSSR count). The summed E-state index contributed by atoms with van der Waals surface area (Å²) in [6, 6.07) is 6.78.